The van der Waals surface area contributed by atoms with Crippen molar-refractivity contribution < 1.29 is 18.0 Å². The molecule has 1 atom stereocenters. The van der Waals surface area contributed by atoms with E-state index in [0.29, 0.717) is 5.69 Å². The van der Waals surface area contributed by atoms with Gasteiger partial charge >= 0.3 is 0 Å². The van der Waals surface area contributed by atoms with E-state index in [9.17, 15) is 18.0 Å². The van der Waals surface area contributed by atoms with Crippen molar-refractivity contribution in [3.05, 3.63) is 64.7 Å². The molecule has 1 aliphatic heterocycles. The van der Waals surface area contributed by atoms with E-state index in [0.717, 1.165) is 32.8 Å². The van der Waals surface area contributed by atoms with Crippen molar-refractivity contribution in [2.75, 3.05) is 24.2 Å². The van der Waals surface area contributed by atoms with Gasteiger partial charge in [-0.05, 0) is 44.9 Å². The van der Waals surface area contributed by atoms with Crippen LogP contribution in [0, 0.1) is 20.8 Å². The summed E-state index contributed by atoms with van der Waals surface area (Å²) in [6.07, 6.45) is 1.05. The Hall–Kier alpha value is -2.71. The Morgan fingerprint density at radius 1 is 1.06 bits per heavy atom. The highest BCUT2D eigenvalue weighted by Gasteiger charge is 2.50. The Balaban J connectivity index is 1.98. The molecular weight excluding hydrogens is 414 g/mol. The quantitative estimate of drug-likeness (QED) is 0.768. The molecule has 2 aromatic carbocycles. The fraction of sp³-hybridized carbons (Fsp3) is 0.391. The van der Waals surface area contributed by atoms with Gasteiger partial charge in [0.05, 0.1) is 12.8 Å². The third kappa shape index (κ3) is 4.80. The number of aryl methyl sites for hydroxylation is 3. The van der Waals surface area contributed by atoms with Gasteiger partial charge in [-0.2, -0.15) is 4.31 Å². The molecule has 1 heterocycles. The zero-order valence-electron chi connectivity index (χ0n) is 18.6. The highest BCUT2D eigenvalue weighted by Crippen LogP contribution is 2.33. The van der Waals surface area contributed by atoms with Crippen LogP contribution in [0.1, 0.15) is 29.2 Å². The molecule has 0 unspecified atom stereocenters. The Bertz CT molecular complexity index is 1110. The second-order valence-electron chi connectivity index (χ2n) is 8.49. The number of benzene rings is 2. The monoisotopic (exact) mass is 443 g/mol. The number of nitrogens with zero attached hydrogens (tertiary/aromatic N) is 2. The molecule has 7 nitrogen and oxygen atoms in total. The number of carbonyl (C=O) groups excluding carboxylic acids is 2. The normalized spacial score (nSPS) is 20.0. The fourth-order valence-corrected chi connectivity index (χ4v) is 4.74. The molecule has 0 saturated carbocycles. The van der Waals surface area contributed by atoms with Crippen LogP contribution in [-0.4, -0.2) is 49.4 Å². The summed E-state index contributed by atoms with van der Waals surface area (Å²) in [7, 11) is -3.65. The average Bonchev–Trinajstić information content (AvgIpc) is 2.67. The maximum atomic E-state index is 13.4. The predicted octanol–water partition coefficient (Wildman–Crippen LogP) is 2.30. The van der Waals surface area contributed by atoms with E-state index in [1.807, 2.05) is 63.2 Å². The Morgan fingerprint density at radius 2 is 1.68 bits per heavy atom. The molecule has 166 valence electrons. The van der Waals surface area contributed by atoms with Crippen molar-refractivity contribution in [1.29, 1.82) is 0 Å². The second-order valence-corrected chi connectivity index (χ2v) is 10.5. The zero-order valence-corrected chi connectivity index (χ0v) is 19.4. The summed E-state index contributed by atoms with van der Waals surface area (Å²) < 4.78 is 25.5. The first-order valence-electron chi connectivity index (χ1n) is 10.1. The van der Waals surface area contributed by atoms with Crippen molar-refractivity contribution in [3.63, 3.8) is 0 Å². The number of anilines is 1. The van der Waals surface area contributed by atoms with E-state index in [4.69, 9.17) is 0 Å². The molecule has 31 heavy (non-hydrogen) atoms. The van der Waals surface area contributed by atoms with Crippen LogP contribution in [0.5, 0.6) is 0 Å². The van der Waals surface area contributed by atoms with Crippen LogP contribution in [0.25, 0.3) is 0 Å². The summed E-state index contributed by atoms with van der Waals surface area (Å²) in [5, 5.41) is 2.90. The van der Waals surface area contributed by atoms with E-state index in [1.54, 1.807) is 6.92 Å². The van der Waals surface area contributed by atoms with E-state index in [-0.39, 0.29) is 19.6 Å². The molecule has 1 aliphatic rings. The molecule has 0 aliphatic carbocycles. The lowest BCUT2D eigenvalue weighted by Crippen LogP contribution is -2.70. The van der Waals surface area contributed by atoms with Crippen molar-refractivity contribution in [2.24, 2.45) is 0 Å². The van der Waals surface area contributed by atoms with E-state index in [2.05, 4.69) is 5.32 Å². The fourth-order valence-electron chi connectivity index (χ4n) is 3.91. The minimum atomic E-state index is -3.65. The lowest BCUT2D eigenvalue weighted by molar-refractivity contribution is -0.133. The van der Waals surface area contributed by atoms with Gasteiger partial charge in [-0.3, -0.25) is 14.5 Å². The lowest BCUT2D eigenvalue weighted by atomic mass is 9.93. The van der Waals surface area contributed by atoms with Gasteiger partial charge in [0.1, 0.15) is 5.54 Å². The van der Waals surface area contributed by atoms with Crippen molar-refractivity contribution >= 4 is 27.5 Å². The number of amides is 2. The Labute approximate surface area is 184 Å². The molecular formula is C23H29N3O4S. The summed E-state index contributed by atoms with van der Waals surface area (Å²) >= 11 is 0. The van der Waals surface area contributed by atoms with E-state index in [1.165, 1.54) is 4.90 Å². The highest BCUT2D eigenvalue weighted by molar-refractivity contribution is 7.88. The molecule has 0 radical (unpaired) electrons. The molecule has 0 bridgehead atoms. The van der Waals surface area contributed by atoms with Gasteiger partial charge in [0.25, 0.3) is 0 Å². The third-order valence-electron chi connectivity index (χ3n) is 5.66. The summed E-state index contributed by atoms with van der Waals surface area (Å²) in [6.45, 7) is 7.29. The minimum Gasteiger partial charge on any atom is -0.350 e. The molecule has 0 aromatic heterocycles. The number of hydrogen-bond acceptors (Lipinski definition) is 4. The molecule has 2 aromatic rings. The van der Waals surface area contributed by atoms with Gasteiger partial charge in [0.15, 0.2) is 0 Å². The van der Waals surface area contributed by atoms with Crippen molar-refractivity contribution in [3.8, 4) is 0 Å². The van der Waals surface area contributed by atoms with E-state index >= 15 is 0 Å². The van der Waals surface area contributed by atoms with Gasteiger partial charge in [-0.15, -0.1) is 0 Å². The zero-order chi connectivity index (χ0) is 23.0. The summed E-state index contributed by atoms with van der Waals surface area (Å²) in [5.74, 6) is -0.841. The Kier molecular flexibility index (Phi) is 6.25. The number of piperazine rings is 1. The molecule has 8 heteroatoms. The van der Waals surface area contributed by atoms with Crippen LogP contribution in [0.15, 0.2) is 42.5 Å². The van der Waals surface area contributed by atoms with Gasteiger partial charge in [-0.25, -0.2) is 8.42 Å². The van der Waals surface area contributed by atoms with E-state index < -0.39 is 27.4 Å². The van der Waals surface area contributed by atoms with Gasteiger partial charge in [0, 0.05) is 18.8 Å². The second kappa shape index (κ2) is 8.43. The Morgan fingerprint density at radius 3 is 2.26 bits per heavy atom. The van der Waals surface area contributed by atoms with Crippen LogP contribution in [0.3, 0.4) is 0 Å². The van der Waals surface area contributed by atoms with Crippen LogP contribution >= 0.6 is 0 Å². The average molecular weight is 444 g/mol. The standard InChI is InChI=1S/C23H29N3O4S/c1-16-6-9-19(10-7-16)13-24-22(28)23(4)15-25(31(5,29)30)14-21(27)26(23)20-11-8-17(2)12-18(20)3/h6-12H,13-15H2,1-5H3,(H,24,28)/t23-/m0/s1. The SMILES string of the molecule is Cc1ccc(CNC(=O)[C@]2(C)CN(S(C)(=O)=O)CC(=O)N2c2ccc(C)cc2C)cc1. The molecule has 1 fully saturated rings. The molecule has 1 N–H and O–H groups in total. The molecule has 2 amide bonds. The summed E-state index contributed by atoms with van der Waals surface area (Å²) in [5.41, 5.74) is 3.13. The number of nitrogens with one attached hydrogen (secondary N) is 1. The maximum absolute atomic E-state index is 13.4. The lowest BCUT2D eigenvalue weighted by Gasteiger charge is -2.47. The topological polar surface area (TPSA) is 86.8 Å². The third-order valence-corrected chi connectivity index (χ3v) is 6.86. The van der Waals surface area contributed by atoms with Gasteiger partial charge in [-0.1, -0.05) is 47.5 Å². The van der Waals surface area contributed by atoms with Crippen molar-refractivity contribution in [1.82, 2.24) is 9.62 Å². The molecule has 3 rings (SSSR count). The smallest absolute Gasteiger partial charge is 0.247 e. The first-order chi connectivity index (χ1) is 14.4. The largest absolute Gasteiger partial charge is 0.350 e. The number of carbonyl (C=O) groups is 2. The number of rotatable bonds is 5. The summed E-state index contributed by atoms with van der Waals surface area (Å²) in [6, 6.07) is 13.4. The number of sulfonamides is 1. The predicted molar refractivity (Wildman–Crippen MR) is 121 cm³/mol. The van der Waals surface area contributed by atoms with Crippen LogP contribution in [0.4, 0.5) is 5.69 Å². The first kappa shape index (κ1) is 23.0. The van der Waals surface area contributed by atoms with Gasteiger partial charge in [0.2, 0.25) is 21.8 Å². The number of hydrogen-bond donors (Lipinski definition) is 1. The molecule has 1 saturated heterocycles. The van der Waals surface area contributed by atoms with Crippen LogP contribution in [-0.2, 0) is 26.2 Å². The maximum Gasteiger partial charge on any atom is 0.247 e. The van der Waals surface area contributed by atoms with Crippen molar-refractivity contribution in [2.45, 2.75) is 39.8 Å². The van der Waals surface area contributed by atoms with Gasteiger partial charge < -0.3 is 5.32 Å². The van der Waals surface area contributed by atoms with Crippen LogP contribution in [0.2, 0.25) is 0 Å². The minimum absolute atomic E-state index is 0.120. The highest BCUT2D eigenvalue weighted by atomic mass is 32.2. The van der Waals surface area contributed by atoms with Crippen LogP contribution < -0.4 is 10.2 Å². The first-order valence-corrected chi connectivity index (χ1v) is 12.0. The molecule has 0 spiro atoms. The summed E-state index contributed by atoms with van der Waals surface area (Å²) in [4.78, 5) is 28.0.